The Bertz CT molecular complexity index is 8.00. The summed E-state index contributed by atoms with van der Waals surface area (Å²) in [7, 11) is 0. The molecule has 0 N–H and O–H groups in total. The minimum absolute atomic E-state index is 0. The quantitative estimate of drug-likeness (QED) is 0.488. The minimum Gasteiger partial charge on any atom is 0 e. The van der Waals surface area contributed by atoms with Gasteiger partial charge in [-0.25, -0.2) is 0 Å². The van der Waals surface area contributed by atoms with Gasteiger partial charge in [0.1, 0.15) is 0 Å². The molecule has 4 heteroatoms. The fraction of sp³-hybridized carbons (Fsp3) is 0. The van der Waals surface area contributed by atoms with Crippen molar-refractivity contribution < 1.29 is 17.1 Å². The number of hydrogen-bond acceptors (Lipinski definition) is 0. The Morgan fingerprint density at radius 3 is 1.00 bits per heavy atom. The standard InChI is InChI=1S/Cu.Ga.In.Na. The van der Waals surface area contributed by atoms with E-state index in [9.17, 15) is 0 Å². The van der Waals surface area contributed by atoms with Gasteiger partial charge in [0.2, 0.25) is 0 Å². The van der Waals surface area contributed by atoms with Crippen molar-refractivity contribution in [2.45, 2.75) is 0 Å². The monoisotopic (exact) mass is 270 g/mol. The van der Waals surface area contributed by atoms with Crippen molar-refractivity contribution >= 4 is 75.2 Å². The van der Waals surface area contributed by atoms with Crippen LogP contribution in [0.3, 0.4) is 0 Å². The first-order valence-corrected chi connectivity index (χ1v) is 0. The first kappa shape index (κ1) is 27.9. The summed E-state index contributed by atoms with van der Waals surface area (Å²) < 4.78 is 0. The predicted molar refractivity (Wildman–Crippen MR) is 17.3 cm³/mol. The first-order valence-electron chi connectivity index (χ1n) is 0. The summed E-state index contributed by atoms with van der Waals surface area (Å²) in [6.07, 6.45) is 0. The molecule has 0 rings (SSSR count). The van der Waals surface area contributed by atoms with E-state index in [0.717, 1.165) is 0 Å². The van der Waals surface area contributed by atoms with Crippen molar-refractivity contribution in [1.29, 1.82) is 0 Å². The van der Waals surface area contributed by atoms with E-state index in [1.807, 2.05) is 0 Å². The summed E-state index contributed by atoms with van der Waals surface area (Å²) in [5, 5.41) is 0. The second-order valence-electron chi connectivity index (χ2n) is 0. The molecule has 0 aliphatic rings. The molecule has 0 aliphatic carbocycles. The Morgan fingerprint density at radius 1 is 1.00 bits per heavy atom. The number of hydrogen-bond donors (Lipinski definition) is 0. The van der Waals surface area contributed by atoms with Crippen LogP contribution in [-0.2, 0) is 17.1 Å². The molecule has 0 bridgehead atoms. The second kappa shape index (κ2) is 16.6. The van der Waals surface area contributed by atoms with Crippen LogP contribution >= 0.6 is 0 Å². The van der Waals surface area contributed by atoms with Crippen LogP contribution in [0.5, 0.6) is 0 Å². The van der Waals surface area contributed by atoms with E-state index in [1.165, 1.54) is 0 Å². The van der Waals surface area contributed by atoms with Crippen LogP contribution in [-0.4, -0.2) is 75.2 Å². The van der Waals surface area contributed by atoms with Crippen molar-refractivity contribution in [2.24, 2.45) is 0 Å². The van der Waals surface area contributed by atoms with Gasteiger partial charge in [0.05, 0.1) is 0 Å². The van der Waals surface area contributed by atoms with Crippen LogP contribution in [0.2, 0.25) is 0 Å². The molecular formula is CuGaInNa. The third-order valence-corrected chi connectivity index (χ3v) is 0. The molecule has 0 saturated heterocycles. The van der Waals surface area contributed by atoms with Crippen LogP contribution < -0.4 is 0 Å². The van der Waals surface area contributed by atoms with Crippen LogP contribution in [0.15, 0.2) is 0 Å². The SMILES string of the molecule is [Cu].[Ga].[In].[Na]. The molecule has 8 radical (unpaired) electrons. The van der Waals surface area contributed by atoms with E-state index in [4.69, 9.17) is 0 Å². The average molecular weight is 271 g/mol. The van der Waals surface area contributed by atoms with Crippen molar-refractivity contribution in [3.05, 3.63) is 0 Å². The topological polar surface area (TPSA) is 0 Å². The summed E-state index contributed by atoms with van der Waals surface area (Å²) in [6, 6.07) is 0. The molecule has 0 unspecified atom stereocenters. The van der Waals surface area contributed by atoms with Crippen molar-refractivity contribution in [3.63, 3.8) is 0 Å². The third-order valence-electron chi connectivity index (χ3n) is 0. The Balaban J connectivity index is 0. The van der Waals surface area contributed by atoms with Gasteiger partial charge >= 0.3 is 0 Å². The maximum absolute atomic E-state index is 0. The van der Waals surface area contributed by atoms with E-state index in [-0.39, 0.29) is 92.3 Å². The average Bonchev–Trinajstić information content (AvgIpc) is 0. The first-order chi connectivity index (χ1) is 0. The van der Waals surface area contributed by atoms with Crippen molar-refractivity contribution in [2.75, 3.05) is 0 Å². The fourth-order valence-electron chi connectivity index (χ4n) is 0. The van der Waals surface area contributed by atoms with Gasteiger partial charge < -0.3 is 0 Å². The summed E-state index contributed by atoms with van der Waals surface area (Å²) in [4.78, 5) is 0. The third kappa shape index (κ3) is 8.90. The summed E-state index contributed by atoms with van der Waals surface area (Å²) in [5.74, 6) is 0. The van der Waals surface area contributed by atoms with Gasteiger partial charge in [-0.1, -0.05) is 0 Å². The van der Waals surface area contributed by atoms with E-state index < -0.39 is 0 Å². The molecule has 0 aromatic carbocycles. The maximum Gasteiger partial charge on any atom is 0 e. The molecule has 0 nitrogen and oxygen atoms in total. The van der Waals surface area contributed by atoms with Gasteiger partial charge in [-0.05, 0) is 0 Å². The molecule has 0 aromatic rings. The Kier molecular flexibility index (Phi) is 116. The van der Waals surface area contributed by atoms with E-state index >= 15 is 0 Å². The van der Waals surface area contributed by atoms with Crippen LogP contribution in [0, 0.1) is 0 Å². The van der Waals surface area contributed by atoms with Crippen molar-refractivity contribution in [1.82, 2.24) is 0 Å². The molecule has 4 heavy (non-hydrogen) atoms. The van der Waals surface area contributed by atoms with Gasteiger partial charge in [-0.15, -0.1) is 0 Å². The van der Waals surface area contributed by atoms with Crippen LogP contribution in [0.25, 0.3) is 0 Å². The Morgan fingerprint density at radius 2 is 1.00 bits per heavy atom. The molecule has 0 heterocycles. The van der Waals surface area contributed by atoms with Gasteiger partial charge in [0.25, 0.3) is 0 Å². The fourth-order valence-corrected chi connectivity index (χ4v) is 0. The molecule has 18 valence electrons. The predicted octanol–water partition coefficient (Wildman–Crippen LogP) is -1.14. The smallest absolute Gasteiger partial charge is 0 e. The van der Waals surface area contributed by atoms with E-state index in [1.54, 1.807) is 0 Å². The van der Waals surface area contributed by atoms with Gasteiger partial charge in [-0.3, -0.25) is 0 Å². The molecule has 0 saturated carbocycles. The molecule has 0 amide bonds. The van der Waals surface area contributed by atoms with Crippen LogP contribution in [0.1, 0.15) is 0 Å². The molecule has 0 spiro atoms. The molecule has 0 atom stereocenters. The van der Waals surface area contributed by atoms with Crippen LogP contribution in [0.4, 0.5) is 0 Å². The zero-order chi connectivity index (χ0) is 0. The van der Waals surface area contributed by atoms with Gasteiger partial charge in [0.15, 0.2) is 0 Å². The van der Waals surface area contributed by atoms with Gasteiger partial charge in [-0.2, -0.15) is 0 Å². The second-order valence-corrected chi connectivity index (χ2v) is 0. The largest absolute Gasteiger partial charge is 0 e. The molecule has 0 fully saturated rings. The van der Waals surface area contributed by atoms with Gasteiger partial charge in [0, 0.05) is 92.3 Å². The van der Waals surface area contributed by atoms with E-state index in [0.29, 0.717) is 0 Å². The molecule has 0 aromatic heterocycles. The minimum atomic E-state index is 0. The summed E-state index contributed by atoms with van der Waals surface area (Å²) in [5.41, 5.74) is 0. The summed E-state index contributed by atoms with van der Waals surface area (Å²) >= 11 is 0. The Hall–Kier alpha value is 3.03. The summed E-state index contributed by atoms with van der Waals surface area (Å²) in [6.45, 7) is 0. The van der Waals surface area contributed by atoms with E-state index in [2.05, 4.69) is 0 Å². The zero-order valence-electron chi connectivity index (χ0n) is 2.46. The molecule has 0 aliphatic heterocycles. The molecular weight excluding hydrogens is 271 g/mol. The Labute approximate surface area is 90.5 Å². The maximum atomic E-state index is 0. The zero-order valence-corrected chi connectivity index (χ0v) is 11.1. The number of rotatable bonds is 0. The normalized spacial score (nSPS) is 0. The van der Waals surface area contributed by atoms with Crippen molar-refractivity contribution in [3.8, 4) is 0 Å².